The lowest BCUT2D eigenvalue weighted by molar-refractivity contribution is 0.151. The van der Waals surface area contributed by atoms with Crippen LogP contribution in [0, 0.1) is 0 Å². The number of aryl methyl sites for hydroxylation is 1. The molecule has 0 unspecified atom stereocenters. The number of hydrogen-bond donors (Lipinski definition) is 0. The first-order valence-electron chi connectivity index (χ1n) is 5.56. The zero-order chi connectivity index (χ0) is 13.1. The van der Waals surface area contributed by atoms with Gasteiger partial charge >= 0.3 is 0 Å². The molecule has 1 heterocycles. The lowest BCUT2D eigenvalue weighted by Crippen LogP contribution is -2.03. The number of nitrogens with zero attached hydrogens (tertiary/aromatic N) is 2. The predicted molar refractivity (Wildman–Crippen MR) is 64.8 cm³/mol. The SMILES string of the molecule is FCCCn1c(CCl)nc2cc(C(F)F)ccc21. The van der Waals surface area contributed by atoms with Crippen LogP contribution in [0.4, 0.5) is 13.2 Å². The molecular weight excluding hydrogens is 265 g/mol. The maximum Gasteiger partial charge on any atom is 0.263 e. The van der Waals surface area contributed by atoms with Crippen molar-refractivity contribution in [2.24, 2.45) is 0 Å². The Bertz CT molecular complexity index is 539. The van der Waals surface area contributed by atoms with E-state index in [0.29, 0.717) is 29.8 Å². The first kappa shape index (κ1) is 13.2. The van der Waals surface area contributed by atoms with Gasteiger partial charge in [0.2, 0.25) is 0 Å². The summed E-state index contributed by atoms with van der Waals surface area (Å²) in [5, 5.41) is 0. The van der Waals surface area contributed by atoms with Crippen LogP contribution in [-0.4, -0.2) is 16.2 Å². The van der Waals surface area contributed by atoms with Crippen LogP contribution in [0.15, 0.2) is 18.2 Å². The Hall–Kier alpha value is -1.23. The normalized spacial score (nSPS) is 11.6. The molecule has 0 atom stereocenters. The zero-order valence-corrected chi connectivity index (χ0v) is 10.3. The Balaban J connectivity index is 2.48. The van der Waals surface area contributed by atoms with Crippen LogP contribution < -0.4 is 0 Å². The molecule has 0 spiro atoms. The molecule has 0 bridgehead atoms. The molecule has 0 aliphatic heterocycles. The molecule has 1 aromatic carbocycles. The van der Waals surface area contributed by atoms with Crippen molar-refractivity contribution in [1.82, 2.24) is 9.55 Å². The van der Waals surface area contributed by atoms with Gasteiger partial charge in [0.15, 0.2) is 0 Å². The summed E-state index contributed by atoms with van der Waals surface area (Å²) in [7, 11) is 0. The maximum absolute atomic E-state index is 12.6. The molecule has 2 aromatic rings. The highest BCUT2D eigenvalue weighted by Crippen LogP contribution is 2.25. The quantitative estimate of drug-likeness (QED) is 0.753. The van der Waals surface area contributed by atoms with Crippen molar-refractivity contribution in [2.45, 2.75) is 25.3 Å². The second kappa shape index (κ2) is 5.61. The molecule has 2 rings (SSSR count). The second-order valence-corrected chi connectivity index (χ2v) is 4.17. The van der Waals surface area contributed by atoms with Gasteiger partial charge in [-0.3, -0.25) is 4.39 Å². The third-order valence-corrected chi connectivity index (χ3v) is 2.98. The first-order chi connectivity index (χ1) is 8.67. The van der Waals surface area contributed by atoms with Gasteiger partial charge in [-0.1, -0.05) is 6.07 Å². The van der Waals surface area contributed by atoms with Crippen molar-refractivity contribution in [3.05, 3.63) is 29.6 Å². The van der Waals surface area contributed by atoms with Crippen LogP contribution in [0.25, 0.3) is 11.0 Å². The highest BCUT2D eigenvalue weighted by molar-refractivity contribution is 6.16. The molecule has 0 N–H and O–H groups in total. The summed E-state index contributed by atoms with van der Waals surface area (Å²) in [6.07, 6.45) is -2.17. The fraction of sp³-hybridized carbons (Fsp3) is 0.417. The topological polar surface area (TPSA) is 17.8 Å². The molecule has 0 saturated carbocycles. The third-order valence-electron chi connectivity index (χ3n) is 2.74. The van der Waals surface area contributed by atoms with Crippen LogP contribution in [0.1, 0.15) is 24.2 Å². The van der Waals surface area contributed by atoms with Gasteiger partial charge in [-0.2, -0.15) is 0 Å². The minimum absolute atomic E-state index is 0.0706. The fourth-order valence-electron chi connectivity index (χ4n) is 1.90. The van der Waals surface area contributed by atoms with E-state index in [1.54, 1.807) is 10.6 Å². The number of aromatic nitrogens is 2. The van der Waals surface area contributed by atoms with Gasteiger partial charge in [0.05, 0.1) is 23.6 Å². The van der Waals surface area contributed by atoms with Gasteiger partial charge in [-0.05, 0) is 18.6 Å². The van der Waals surface area contributed by atoms with E-state index in [9.17, 15) is 13.2 Å². The molecule has 0 saturated heterocycles. The zero-order valence-electron chi connectivity index (χ0n) is 9.54. The highest BCUT2D eigenvalue weighted by atomic mass is 35.5. The monoisotopic (exact) mass is 276 g/mol. The average Bonchev–Trinajstić information content (AvgIpc) is 2.72. The van der Waals surface area contributed by atoms with Crippen LogP contribution in [0.2, 0.25) is 0 Å². The van der Waals surface area contributed by atoms with Crippen molar-refractivity contribution in [3.63, 3.8) is 0 Å². The number of alkyl halides is 4. The van der Waals surface area contributed by atoms with Gasteiger partial charge in [0, 0.05) is 12.1 Å². The Kier molecular flexibility index (Phi) is 4.11. The summed E-state index contributed by atoms with van der Waals surface area (Å²) in [6, 6.07) is 4.29. The van der Waals surface area contributed by atoms with Crippen LogP contribution in [-0.2, 0) is 12.4 Å². The van der Waals surface area contributed by atoms with Crippen molar-refractivity contribution in [1.29, 1.82) is 0 Å². The summed E-state index contributed by atoms with van der Waals surface area (Å²) < 4.78 is 39.2. The molecule has 18 heavy (non-hydrogen) atoms. The number of hydrogen-bond acceptors (Lipinski definition) is 1. The second-order valence-electron chi connectivity index (χ2n) is 3.90. The molecule has 0 aliphatic carbocycles. The van der Waals surface area contributed by atoms with Gasteiger partial charge in [0.25, 0.3) is 6.43 Å². The van der Waals surface area contributed by atoms with Crippen molar-refractivity contribution >= 4 is 22.6 Å². The smallest absolute Gasteiger partial charge is 0.263 e. The first-order valence-corrected chi connectivity index (χ1v) is 6.10. The molecule has 2 nitrogen and oxygen atoms in total. The molecule has 0 fully saturated rings. The molecular formula is C12H12ClF3N2. The lowest BCUT2D eigenvalue weighted by Gasteiger charge is -2.06. The van der Waals surface area contributed by atoms with Crippen molar-refractivity contribution in [3.8, 4) is 0 Å². The maximum atomic E-state index is 12.6. The minimum atomic E-state index is -2.52. The van der Waals surface area contributed by atoms with E-state index in [-0.39, 0.29) is 11.4 Å². The van der Waals surface area contributed by atoms with E-state index in [2.05, 4.69) is 4.98 Å². The predicted octanol–water partition coefficient (Wildman–Crippen LogP) is 4.07. The molecule has 6 heteroatoms. The Morgan fingerprint density at radius 1 is 1.33 bits per heavy atom. The van der Waals surface area contributed by atoms with Crippen LogP contribution >= 0.6 is 11.6 Å². The Morgan fingerprint density at radius 3 is 2.72 bits per heavy atom. The molecule has 0 amide bonds. The summed E-state index contributed by atoms with van der Waals surface area (Å²) in [5.41, 5.74) is 1.12. The van der Waals surface area contributed by atoms with Gasteiger partial charge < -0.3 is 4.57 Å². The van der Waals surface area contributed by atoms with E-state index in [1.165, 1.54) is 12.1 Å². The average molecular weight is 277 g/mol. The van der Waals surface area contributed by atoms with Crippen LogP contribution in [0.3, 0.4) is 0 Å². The van der Waals surface area contributed by atoms with Crippen LogP contribution in [0.5, 0.6) is 0 Å². The van der Waals surface area contributed by atoms with Gasteiger partial charge in [0.1, 0.15) is 5.82 Å². The van der Waals surface area contributed by atoms with Crippen molar-refractivity contribution < 1.29 is 13.2 Å². The number of benzene rings is 1. The minimum Gasteiger partial charge on any atom is -0.327 e. The number of rotatable bonds is 5. The van der Waals surface area contributed by atoms with Crippen molar-refractivity contribution in [2.75, 3.05) is 6.67 Å². The molecule has 0 aliphatic rings. The van der Waals surface area contributed by atoms with E-state index in [4.69, 9.17) is 11.6 Å². The lowest BCUT2D eigenvalue weighted by atomic mass is 10.2. The Labute approximate surface area is 107 Å². The fourth-order valence-corrected chi connectivity index (χ4v) is 2.11. The summed E-state index contributed by atoms with van der Waals surface area (Å²) in [6.45, 7) is 0.0135. The standard InChI is InChI=1S/C12H12ClF3N2/c13-7-11-17-9-6-8(12(15)16)2-3-10(9)18(11)5-1-4-14/h2-3,6,12H,1,4-5,7H2. The summed E-state index contributed by atoms with van der Waals surface area (Å²) in [5.74, 6) is 0.747. The molecule has 1 aromatic heterocycles. The van der Waals surface area contributed by atoms with E-state index >= 15 is 0 Å². The number of fused-ring (bicyclic) bond motifs is 1. The number of halogens is 4. The molecule has 98 valence electrons. The summed E-state index contributed by atoms with van der Waals surface area (Å²) >= 11 is 5.76. The van der Waals surface area contributed by atoms with E-state index in [0.717, 1.165) is 0 Å². The largest absolute Gasteiger partial charge is 0.327 e. The number of imidazole rings is 1. The highest BCUT2D eigenvalue weighted by Gasteiger charge is 2.13. The third kappa shape index (κ3) is 2.46. The Morgan fingerprint density at radius 2 is 2.11 bits per heavy atom. The van der Waals surface area contributed by atoms with Gasteiger partial charge in [-0.25, -0.2) is 13.8 Å². The van der Waals surface area contributed by atoms with Gasteiger partial charge in [-0.15, -0.1) is 11.6 Å². The molecule has 0 radical (unpaired) electrons. The van der Waals surface area contributed by atoms with E-state index < -0.39 is 13.1 Å². The van der Waals surface area contributed by atoms with E-state index in [1.807, 2.05) is 0 Å². The summed E-state index contributed by atoms with van der Waals surface area (Å²) in [4.78, 5) is 4.20.